The fourth-order valence-corrected chi connectivity index (χ4v) is 3.55. The monoisotopic (exact) mass is 381 g/mol. The maximum Gasteiger partial charge on any atom is 0.248 e. The zero-order valence-electron chi connectivity index (χ0n) is 17.5. The molecule has 2 heterocycles. The van der Waals surface area contributed by atoms with Crippen molar-refractivity contribution in [3.63, 3.8) is 0 Å². The second-order valence-electron chi connectivity index (χ2n) is 7.06. The van der Waals surface area contributed by atoms with Crippen LogP contribution >= 0.6 is 0 Å². The minimum Gasteiger partial charge on any atom is -0.497 e. The van der Waals surface area contributed by atoms with Crippen LogP contribution in [-0.2, 0) is 0 Å². The Hall–Kier alpha value is -3.06. The summed E-state index contributed by atoms with van der Waals surface area (Å²) in [4.78, 5) is 4.35. The van der Waals surface area contributed by atoms with Gasteiger partial charge >= 0.3 is 0 Å². The van der Waals surface area contributed by atoms with Crippen molar-refractivity contribution in [2.75, 3.05) is 12.1 Å². The Balaban J connectivity index is 2.24. The molecule has 3 rings (SSSR count). The number of aryl methyl sites for hydroxylation is 4. The molecule has 0 fully saturated rings. The number of hydrogen-bond donors (Lipinski definition) is 1. The number of amidine groups is 1. The summed E-state index contributed by atoms with van der Waals surface area (Å²) in [5.74, 6) is 8.53. The first-order valence-electron chi connectivity index (χ1n) is 9.05. The van der Waals surface area contributed by atoms with Gasteiger partial charge in [-0.15, -0.1) is 0 Å². The highest BCUT2D eigenvalue weighted by molar-refractivity contribution is 5.99. The molecule has 2 N–H and O–H groups in total. The molecule has 0 aliphatic carbocycles. The van der Waals surface area contributed by atoms with Crippen molar-refractivity contribution in [2.45, 2.75) is 41.5 Å². The number of nitrogens with two attached hydrogens (primary N) is 1. The molecule has 7 nitrogen and oxygen atoms in total. The molecule has 0 aliphatic rings. The van der Waals surface area contributed by atoms with Gasteiger partial charge in [0.1, 0.15) is 28.7 Å². The average molecular weight is 381 g/mol. The molecule has 0 saturated heterocycles. The van der Waals surface area contributed by atoms with Crippen LogP contribution in [0, 0.1) is 27.7 Å². The van der Waals surface area contributed by atoms with Crippen molar-refractivity contribution >= 4 is 17.2 Å². The number of hydrogen-bond acceptors (Lipinski definition) is 5. The molecule has 0 unspecified atom stereocenters. The number of anilines is 1. The van der Waals surface area contributed by atoms with Crippen LogP contribution in [-0.4, -0.2) is 22.6 Å². The SMILES string of the molecule is C=C(C)N=C(C)N(N)c1c(C)nn2c(-c3c(C)cc(OC)cc3C)c(C)oc12. The molecule has 3 aromatic rings. The zero-order valence-corrected chi connectivity index (χ0v) is 17.5. The first-order chi connectivity index (χ1) is 13.1. The highest BCUT2D eigenvalue weighted by Crippen LogP contribution is 2.37. The van der Waals surface area contributed by atoms with E-state index < -0.39 is 0 Å². The Bertz CT molecular complexity index is 1080. The average Bonchev–Trinajstić information content (AvgIpc) is 3.07. The maximum absolute atomic E-state index is 6.33. The van der Waals surface area contributed by atoms with Crippen LogP contribution in [0.3, 0.4) is 0 Å². The number of benzene rings is 1. The van der Waals surface area contributed by atoms with Gasteiger partial charge < -0.3 is 9.15 Å². The lowest BCUT2D eigenvalue weighted by Crippen LogP contribution is -2.36. The Kier molecular flexibility index (Phi) is 5.04. The van der Waals surface area contributed by atoms with E-state index in [1.54, 1.807) is 7.11 Å². The number of oxazole rings is 1. The lowest BCUT2D eigenvalue weighted by atomic mass is 9.98. The first-order valence-corrected chi connectivity index (χ1v) is 9.05. The van der Waals surface area contributed by atoms with E-state index in [-0.39, 0.29) is 0 Å². The molecular weight excluding hydrogens is 354 g/mol. The van der Waals surface area contributed by atoms with Crippen LogP contribution in [0.2, 0.25) is 0 Å². The number of methoxy groups -OCH3 is 1. The third kappa shape index (κ3) is 3.18. The number of allylic oxidation sites excluding steroid dienone is 1. The van der Waals surface area contributed by atoms with Crippen molar-refractivity contribution in [3.8, 4) is 17.0 Å². The van der Waals surface area contributed by atoms with E-state index in [2.05, 4.69) is 25.4 Å². The number of hydrazine groups is 1. The Morgan fingerprint density at radius 1 is 1.21 bits per heavy atom. The summed E-state index contributed by atoms with van der Waals surface area (Å²) in [5.41, 5.74) is 6.84. The Morgan fingerprint density at radius 2 is 1.82 bits per heavy atom. The van der Waals surface area contributed by atoms with Gasteiger partial charge in [-0.3, -0.25) is 5.01 Å². The van der Waals surface area contributed by atoms with Crippen LogP contribution < -0.4 is 15.6 Å². The van der Waals surface area contributed by atoms with Gasteiger partial charge in [-0.2, -0.15) is 9.61 Å². The van der Waals surface area contributed by atoms with Gasteiger partial charge in [0, 0.05) is 11.3 Å². The van der Waals surface area contributed by atoms with Crippen LogP contribution in [0.1, 0.15) is 36.4 Å². The van der Waals surface area contributed by atoms with Gasteiger partial charge in [0.15, 0.2) is 0 Å². The smallest absolute Gasteiger partial charge is 0.248 e. The second kappa shape index (κ2) is 7.16. The largest absolute Gasteiger partial charge is 0.497 e. The van der Waals surface area contributed by atoms with E-state index in [4.69, 9.17) is 20.1 Å². The topological polar surface area (TPSA) is 81.3 Å². The van der Waals surface area contributed by atoms with Gasteiger partial charge in [0.05, 0.1) is 12.8 Å². The minimum atomic E-state index is 0.582. The molecule has 0 radical (unpaired) electrons. The van der Waals surface area contributed by atoms with Gasteiger partial charge in [-0.25, -0.2) is 10.8 Å². The standard InChI is InChI=1S/C21H27N5O2/c1-11(2)23-16(7)25(22)19-14(5)24-26-20(15(6)28-21(19)26)18-12(3)9-17(27-8)10-13(18)4/h9-10H,1,22H2,2-8H3. The molecule has 148 valence electrons. The zero-order chi connectivity index (χ0) is 20.7. The summed E-state index contributed by atoms with van der Waals surface area (Å²) >= 11 is 0. The van der Waals surface area contributed by atoms with E-state index in [9.17, 15) is 0 Å². The summed E-state index contributed by atoms with van der Waals surface area (Å²) in [5, 5.41) is 6.20. The second-order valence-corrected chi connectivity index (χ2v) is 7.06. The van der Waals surface area contributed by atoms with Gasteiger partial charge in [0.25, 0.3) is 0 Å². The van der Waals surface area contributed by atoms with E-state index in [1.165, 1.54) is 5.01 Å². The minimum absolute atomic E-state index is 0.582. The number of aliphatic imine (C=N–C) groups is 1. The molecular formula is C21H27N5O2. The summed E-state index contributed by atoms with van der Waals surface area (Å²) in [6.45, 7) is 15.4. The molecule has 0 bridgehead atoms. The molecule has 2 aromatic heterocycles. The number of aromatic nitrogens is 2. The first kappa shape index (κ1) is 19.7. The number of ether oxygens (including phenoxy) is 1. The van der Waals surface area contributed by atoms with E-state index in [0.29, 0.717) is 22.9 Å². The quantitative estimate of drug-likeness (QED) is 0.312. The maximum atomic E-state index is 6.33. The van der Waals surface area contributed by atoms with Crippen molar-refractivity contribution in [1.29, 1.82) is 0 Å². The Morgan fingerprint density at radius 3 is 2.36 bits per heavy atom. The lowest BCUT2D eigenvalue weighted by molar-refractivity contribution is 0.414. The summed E-state index contributed by atoms with van der Waals surface area (Å²) < 4.78 is 13.3. The van der Waals surface area contributed by atoms with Crippen LogP contribution in [0.25, 0.3) is 17.0 Å². The number of fused-ring (bicyclic) bond motifs is 1. The van der Waals surface area contributed by atoms with E-state index in [0.717, 1.165) is 39.6 Å². The third-order valence-electron chi connectivity index (χ3n) is 4.70. The molecule has 28 heavy (non-hydrogen) atoms. The van der Waals surface area contributed by atoms with Gasteiger partial charge in [-0.05, 0) is 64.8 Å². The predicted octanol–water partition coefficient (Wildman–Crippen LogP) is 4.47. The number of rotatable bonds is 4. The van der Waals surface area contributed by atoms with Crippen LogP contribution in [0.4, 0.5) is 5.69 Å². The van der Waals surface area contributed by atoms with E-state index >= 15 is 0 Å². The van der Waals surface area contributed by atoms with Crippen molar-refractivity contribution in [1.82, 2.24) is 9.61 Å². The normalized spacial score (nSPS) is 11.9. The molecule has 0 amide bonds. The summed E-state index contributed by atoms with van der Waals surface area (Å²) in [6.07, 6.45) is 0. The van der Waals surface area contributed by atoms with Gasteiger partial charge in [-0.1, -0.05) is 6.58 Å². The highest BCUT2D eigenvalue weighted by atomic mass is 16.5. The third-order valence-corrected chi connectivity index (χ3v) is 4.70. The molecule has 7 heteroatoms. The van der Waals surface area contributed by atoms with Crippen molar-refractivity contribution < 1.29 is 9.15 Å². The molecule has 0 spiro atoms. The summed E-state index contributed by atoms with van der Waals surface area (Å²) in [6, 6.07) is 4.02. The Labute approximate surface area is 165 Å². The molecule has 0 saturated carbocycles. The highest BCUT2D eigenvalue weighted by Gasteiger charge is 2.25. The van der Waals surface area contributed by atoms with Crippen LogP contribution in [0.5, 0.6) is 5.75 Å². The summed E-state index contributed by atoms with van der Waals surface area (Å²) in [7, 11) is 1.67. The molecule has 0 atom stereocenters. The van der Waals surface area contributed by atoms with Crippen molar-refractivity contribution in [3.05, 3.63) is 47.0 Å². The molecule has 1 aromatic carbocycles. The molecule has 0 aliphatic heterocycles. The fourth-order valence-electron chi connectivity index (χ4n) is 3.55. The van der Waals surface area contributed by atoms with Crippen LogP contribution in [0.15, 0.2) is 33.8 Å². The van der Waals surface area contributed by atoms with Crippen molar-refractivity contribution in [2.24, 2.45) is 10.8 Å². The van der Waals surface area contributed by atoms with Gasteiger partial charge in [0.2, 0.25) is 5.71 Å². The number of nitrogens with zero attached hydrogens (tertiary/aromatic N) is 4. The fraction of sp³-hybridized carbons (Fsp3) is 0.333. The van der Waals surface area contributed by atoms with E-state index in [1.807, 2.05) is 44.3 Å². The predicted molar refractivity (Wildman–Crippen MR) is 113 cm³/mol. The lowest BCUT2D eigenvalue weighted by Gasteiger charge is -2.16.